The predicted octanol–water partition coefficient (Wildman–Crippen LogP) is 4.90. The lowest BCUT2D eigenvalue weighted by Crippen LogP contribution is -2.40. The van der Waals surface area contributed by atoms with Gasteiger partial charge >= 0.3 is 0 Å². The van der Waals surface area contributed by atoms with Crippen molar-refractivity contribution in [2.75, 3.05) is 26.2 Å². The van der Waals surface area contributed by atoms with Crippen molar-refractivity contribution >= 4 is 5.91 Å². The van der Waals surface area contributed by atoms with E-state index in [1.165, 1.54) is 61.0 Å². The molecule has 32 heavy (non-hydrogen) atoms. The van der Waals surface area contributed by atoms with E-state index >= 15 is 0 Å². The van der Waals surface area contributed by atoms with E-state index in [-0.39, 0.29) is 11.8 Å². The fourth-order valence-electron chi connectivity index (χ4n) is 5.15. The van der Waals surface area contributed by atoms with Gasteiger partial charge in [0.2, 0.25) is 5.91 Å². The van der Waals surface area contributed by atoms with E-state index in [0.717, 1.165) is 39.0 Å². The van der Waals surface area contributed by atoms with Crippen molar-refractivity contribution in [1.29, 1.82) is 0 Å². The first kappa shape index (κ1) is 23.0. The number of amides is 1. The number of nitrogens with zero attached hydrogens (tertiary/aromatic N) is 2. The van der Waals surface area contributed by atoms with Gasteiger partial charge in [-0.15, -0.1) is 0 Å². The van der Waals surface area contributed by atoms with Gasteiger partial charge in [-0.2, -0.15) is 0 Å². The number of carbonyl (C=O) groups is 1. The van der Waals surface area contributed by atoms with Crippen LogP contribution >= 0.6 is 0 Å². The van der Waals surface area contributed by atoms with Crippen molar-refractivity contribution in [1.82, 2.24) is 15.1 Å². The van der Waals surface area contributed by atoms with E-state index in [4.69, 9.17) is 0 Å². The van der Waals surface area contributed by atoms with Crippen LogP contribution in [0.2, 0.25) is 0 Å². The SMILES string of the molecule is Cc1cccc(CN2CCC(C(=O)NCc3cccc(CN4CCCCCC4)c3)CC2)c1. The first-order valence-corrected chi connectivity index (χ1v) is 12.5. The maximum Gasteiger partial charge on any atom is 0.223 e. The fraction of sp³-hybridized carbons (Fsp3) is 0.536. The Morgan fingerprint density at radius 3 is 2.09 bits per heavy atom. The van der Waals surface area contributed by atoms with Crippen LogP contribution in [0, 0.1) is 12.8 Å². The molecule has 4 heteroatoms. The highest BCUT2D eigenvalue weighted by Gasteiger charge is 2.24. The molecular formula is C28H39N3O. The molecule has 0 saturated carbocycles. The van der Waals surface area contributed by atoms with Crippen LogP contribution < -0.4 is 5.32 Å². The molecule has 2 aliphatic rings. The molecule has 0 spiro atoms. The molecule has 1 N–H and O–H groups in total. The van der Waals surface area contributed by atoms with Gasteiger partial charge in [-0.3, -0.25) is 14.6 Å². The summed E-state index contributed by atoms with van der Waals surface area (Å²) in [5.74, 6) is 0.363. The van der Waals surface area contributed by atoms with Crippen LogP contribution in [0.3, 0.4) is 0 Å². The minimum Gasteiger partial charge on any atom is -0.352 e. The van der Waals surface area contributed by atoms with Crippen molar-refractivity contribution in [3.05, 3.63) is 70.8 Å². The Bertz CT molecular complexity index is 864. The first-order valence-electron chi connectivity index (χ1n) is 12.5. The zero-order valence-electron chi connectivity index (χ0n) is 19.7. The summed E-state index contributed by atoms with van der Waals surface area (Å²) >= 11 is 0. The van der Waals surface area contributed by atoms with Crippen LogP contribution in [0.25, 0.3) is 0 Å². The van der Waals surface area contributed by atoms with Crippen molar-refractivity contribution < 1.29 is 4.79 Å². The Kier molecular flexibility index (Phi) is 8.36. The molecule has 1 amide bonds. The quantitative estimate of drug-likeness (QED) is 0.675. The summed E-state index contributed by atoms with van der Waals surface area (Å²) in [7, 11) is 0. The molecule has 2 aromatic rings. The standard InChI is InChI=1S/C28H39N3O/c1-23-8-6-10-25(18-23)21-31-16-12-27(13-17-31)28(32)29-20-24-9-7-11-26(19-24)22-30-14-4-2-3-5-15-30/h6-11,18-19,27H,2-5,12-17,20-22H2,1H3,(H,29,32). The zero-order chi connectivity index (χ0) is 22.2. The van der Waals surface area contributed by atoms with Gasteiger partial charge in [-0.05, 0) is 75.5 Å². The molecule has 4 rings (SSSR count). The van der Waals surface area contributed by atoms with Crippen LogP contribution in [-0.2, 0) is 24.4 Å². The molecule has 2 saturated heterocycles. The number of rotatable bonds is 7. The Hall–Kier alpha value is -2.17. The largest absolute Gasteiger partial charge is 0.352 e. The van der Waals surface area contributed by atoms with Gasteiger partial charge in [-0.1, -0.05) is 66.9 Å². The van der Waals surface area contributed by atoms with Gasteiger partial charge in [0, 0.05) is 25.6 Å². The van der Waals surface area contributed by atoms with E-state index in [1.54, 1.807) is 0 Å². The predicted molar refractivity (Wildman–Crippen MR) is 131 cm³/mol. The van der Waals surface area contributed by atoms with Gasteiger partial charge in [0.05, 0.1) is 0 Å². The second kappa shape index (κ2) is 11.6. The van der Waals surface area contributed by atoms with E-state index in [0.29, 0.717) is 6.54 Å². The molecule has 0 bridgehead atoms. The van der Waals surface area contributed by atoms with Gasteiger partial charge in [0.15, 0.2) is 0 Å². The number of likely N-dealkylation sites (tertiary alicyclic amines) is 2. The number of hydrogen-bond acceptors (Lipinski definition) is 3. The third-order valence-electron chi connectivity index (χ3n) is 7.01. The number of hydrogen-bond donors (Lipinski definition) is 1. The van der Waals surface area contributed by atoms with Crippen LogP contribution in [0.15, 0.2) is 48.5 Å². The number of benzene rings is 2. The maximum absolute atomic E-state index is 12.8. The monoisotopic (exact) mass is 433 g/mol. The smallest absolute Gasteiger partial charge is 0.223 e. The van der Waals surface area contributed by atoms with Gasteiger partial charge in [-0.25, -0.2) is 0 Å². The first-order chi connectivity index (χ1) is 15.7. The lowest BCUT2D eigenvalue weighted by Gasteiger charge is -2.31. The minimum absolute atomic E-state index is 0.143. The topological polar surface area (TPSA) is 35.6 Å². The highest BCUT2D eigenvalue weighted by molar-refractivity contribution is 5.78. The number of carbonyl (C=O) groups excluding carboxylic acids is 1. The van der Waals surface area contributed by atoms with Gasteiger partial charge in [0.1, 0.15) is 0 Å². The van der Waals surface area contributed by atoms with Crippen LogP contribution in [0.1, 0.15) is 60.8 Å². The van der Waals surface area contributed by atoms with E-state index in [2.05, 4.69) is 70.6 Å². The summed E-state index contributed by atoms with van der Waals surface area (Å²) in [6.07, 6.45) is 7.28. The Morgan fingerprint density at radius 1 is 0.812 bits per heavy atom. The van der Waals surface area contributed by atoms with E-state index in [1.807, 2.05) is 0 Å². The van der Waals surface area contributed by atoms with E-state index < -0.39 is 0 Å². The van der Waals surface area contributed by atoms with Gasteiger partial charge in [0.25, 0.3) is 0 Å². The molecule has 4 nitrogen and oxygen atoms in total. The molecule has 2 heterocycles. The van der Waals surface area contributed by atoms with Crippen LogP contribution in [0.5, 0.6) is 0 Å². The summed E-state index contributed by atoms with van der Waals surface area (Å²) in [5, 5.41) is 3.21. The molecular weight excluding hydrogens is 394 g/mol. The summed E-state index contributed by atoms with van der Waals surface area (Å²) in [6.45, 7) is 9.21. The number of nitrogens with one attached hydrogen (secondary N) is 1. The highest BCUT2D eigenvalue weighted by atomic mass is 16.1. The Balaban J connectivity index is 1.21. The summed E-state index contributed by atoms with van der Waals surface area (Å²) in [4.78, 5) is 17.8. The molecule has 2 aromatic carbocycles. The molecule has 0 aliphatic carbocycles. The molecule has 2 aliphatic heterocycles. The van der Waals surface area contributed by atoms with Crippen molar-refractivity contribution in [2.45, 2.75) is 65.1 Å². The van der Waals surface area contributed by atoms with Crippen LogP contribution in [0.4, 0.5) is 0 Å². The summed E-state index contributed by atoms with van der Waals surface area (Å²) < 4.78 is 0. The van der Waals surface area contributed by atoms with Crippen molar-refractivity contribution in [3.8, 4) is 0 Å². The second-order valence-corrected chi connectivity index (χ2v) is 9.77. The molecule has 0 unspecified atom stereocenters. The van der Waals surface area contributed by atoms with Crippen LogP contribution in [-0.4, -0.2) is 41.9 Å². The zero-order valence-corrected chi connectivity index (χ0v) is 19.7. The summed E-state index contributed by atoms with van der Waals surface area (Å²) in [6, 6.07) is 17.5. The average molecular weight is 434 g/mol. The average Bonchev–Trinajstić information content (AvgIpc) is 3.07. The molecule has 0 radical (unpaired) electrons. The minimum atomic E-state index is 0.143. The third-order valence-corrected chi connectivity index (χ3v) is 7.01. The maximum atomic E-state index is 12.8. The fourth-order valence-corrected chi connectivity index (χ4v) is 5.15. The third kappa shape index (κ3) is 6.91. The Morgan fingerprint density at radius 2 is 1.41 bits per heavy atom. The van der Waals surface area contributed by atoms with Crippen molar-refractivity contribution in [3.63, 3.8) is 0 Å². The number of aryl methyl sites for hydroxylation is 1. The highest BCUT2D eigenvalue weighted by Crippen LogP contribution is 2.20. The normalized spacial score (nSPS) is 18.9. The number of piperidine rings is 1. The van der Waals surface area contributed by atoms with Crippen molar-refractivity contribution in [2.24, 2.45) is 5.92 Å². The summed E-state index contributed by atoms with van der Waals surface area (Å²) in [5.41, 5.74) is 5.26. The molecule has 172 valence electrons. The Labute approximate surface area is 194 Å². The van der Waals surface area contributed by atoms with Gasteiger partial charge < -0.3 is 5.32 Å². The molecule has 0 aromatic heterocycles. The lowest BCUT2D eigenvalue weighted by atomic mass is 9.95. The molecule has 2 fully saturated rings. The lowest BCUT2D eigenvalue weighted by molar-refractivity contribution is -0.126. The molecule has 0 atom stereocenters. The van der Waals surface area contributed by atoms with E-state index in [9.17, 15) is 4.79 Å². The second-order valence-electron chi connectivity index (χ2n) is 9.77.